The minimum Gasteiger partial charge on any atom is -0.335 e. The highest BCUT2D eigenvalue weighted by atomic mass is 16.2. The molecule has 1 aliphatic heterocycles. The Morgan fingerprint density at radius 2 is 2.28 bits per heavy atom. The van der Waals surface area contributed by atoms with Crippen molar-refractivity contribution >= 4 is 5.91 Å². The monoisotopic (exact) mass is 248 g/mol. The van der Waals surface area contributed by atoms with Gasteiger partial charge in [-0.1, -0.05) is 6.07 Å². The lowest BCUT2D eigenvalue weighted by Gasteiger charge is -2.26. The van der Waals surface area contributed by atoms with Crippen molar-refractivity contribution in [2.45, 2.75) is 19.0 Å². The molecule has 1 aromatic heterocycles. The molecule has 1 atom stereocenters. The molecule has 2 heterocycles. The Labute approximate surface area is 108 Å². The third-order valence-electron chi connectivity index (χ3n) is 3.37. The van der Waals surface area contributed by atoms with E-state index in [1.807, 2.05) is 35.0 Å². The number of amides is 1. The van der Waals surface area contributed by atoms with Gasteiger partial charge in [0.15, 0.2) is 0 Å². The van der Waals surface area contributed by atoms with E-state index in [9.17, 15) is 4.79 Å². The van der Waals surface area contributed by atoms with Gasteiger partial charge in [0.1, 0.15) is 6.04 Å². The van der Waals surface area contributed by atoms with Crippen molar-refractivity contribution in [3.8, 4) is 0 Å². The molecule has 2 rings (SSSR count). The summed E-state index contributed by atoms with van der Waals surface area (Å²) in [5.74, 6) is 0.114. The fraction of sp³-hybridized carbons (Fsp3) is 0.538. The highest BCUT2D eigenvalue weighted by Crippen LogP contribution is 2.11. The van der Waals surface area contributed by atoms with Crippen molar-refractivity contribution in [2.24, 2.45) is 5.73 Å². The first kappa shape index (κ1) is 13.0. The number of nitrogens with zero attached hydrogens (tertiary/aromatic N) is 3. The molecule has 18 heavy (non-hydrogen) atoms. The number of rotatable bonds is 3. The van der Waals surface area contributed by atoms with Crippen LogP contribution < -0.4 is 5.73 Å². The van der Waals surface area contributed by atoms with Crippen LogP contribution in [0.25, 0.3) is 0 Å². The number of aromatic nitrogens is 1. The molecule has 1 aliphatic rings. The molecule has 0 aromatic carbocycles. The predicted octanol–water partition coefficient (Wildman–Crippen LogP) is 0.0730. The second kappa shape index (κ2) is 5.93. The predicted molar refractivity (Wildman–Crippen MR) is 69.7 cm³/mol. The number of carbonyl (C=O) groups is 1. The van der Waals surface area contributed by atoms with Crippen LogP contribution in [0.1, 0.15) is 12.1 Å². The summed E-state index contributed by atoms with van der Waals surface area (Å²) >= 11 is 0. The van der Waals surface area contributed by atoms with Crippen LogP contribution in [0.3, 0.4) is 0 Å². The molecule has 5 nitrogen and oxygen atoms in total. The first-order chi connectivity index (χ1) is 8.72. The third-order valence-corrected chi connectivity index (χ3v) is 3.37. The van der Waals surface area contributed by atoms with Gasteiger partial charge in [0.05, 0.1) is 12.2 Å². The molecule has 2 N–H and O–H groups in total. The van der Waals surface area contributed by atoms with Crippen molar-refractivity contribution < 1.29 is 4.79 Å². The van der Waals surface area contributed by atoms with Gasteiger partial charge < -0.3 is 10.6 Å². The zero-order valence-electron chi connectivity index (χ0n) is 10.7. The summed E-state index contributed by atoms with van der Waals surface area (Å²) in [6.07, 6.45) is 2.73. The van der Waals surface area contributed by atoms with Crippen LogP contribution in [0.15, 0.2) is 24.4 Å². The number of nitrogens with two attached hydrogens (primary N) is 1. The van der Waals surface area contributed by atoms with E-state index < -0.39 is 0 Å². The van der Waals surface area contributed by atoms with Crippen LogP contribution in [0, 0.1) is 0 Å². The first-order valence-corrected chi connectivity index (χ1v) is 6.31. The van der Waals surface area contributed by atoms with E-state index in [2.05, 4.69) is 4.98 Å². The number of hydrogen-bond donors (Lipinski definition) is 1. The molecule has 1 unspecified atom stereocenters. The summed E-state index contributed by atoms with van der Waals surface area (Å²) in [6.45, 7) is 2.63. The maximum atomic E-state index is 12.4. The van der Waals surface area contributed by atoms with Gasteiger partial charge >= 0.3 is 0 Å². The second-order valence-electron chi connectivity index (χ2n) is 4.67. The van der Waals surface area contributed by atoms with Crippen LogP contribution in [-0.2, 0) is 11.3 Å². The van der Waals surface area contributed by atoms with Gasteiger partial charge in [0, 0.05) is 25.8 Å². The number of hydrogen-bond acceptors (Lipinski definition) is 4. The minimum absolute atomic E-state index is 0.114. The second-order valence-corrected chi connectivity index (χ2v) is 4.67. The van der Waals surface area contributed by atoms with E-state index in [0.717, 1.165) is 25.2 Å². The van der Waals surface area contributed by atoms with Crippen molar-refractivity contribution in [1.82, 2.24) is 14.8 Å². The fourth-order valence-electron chi connectivity index (χ4n) is 2.30. The molecule has 0 bridgehead atoms. The highest BCUT2D eigenvalue weighted by Gasteiger charge is 2.29. The molecule has 1 saturated heterocycles. The summed E-state index contributed by atoms with van der Waals surface area (Å²) in [5, 5.41) is 0. The van der Waals surface area contributed by atoms with Gasteiger partial charge in [-0.25, -0.2) is 0 Å². The largest absolute Gasteiger partial charge is 0.335 e. The van der Waals surface area contributed by atoms with Crippen LogP contribution in [0.5, 0.6) is 0 Å². The number of likely N-dealkylation sites (N-methyl/N-ethyl adjacent to an activating group) is 1. The fourth-order valence-corrected chi connectivity index (χ4v) is 2.30. The van der Waals surface area contributed by atoms with Crippen LogP contribution in [-0.4, -0.2) is 53.4 Å². The summed E-state index contributed by atoms with van der Waals surface area (Å²) in [4.78, 5) is 20.5. The number of pyridine rings is 1. The van der Waals surface area contributed by atoms with Gasteiger partial charge in [-0.3, -0.25) is 14.7 Å². The van der Waals surface area contributed by atoms with Gasteiger partial charge in [0.2, 0.25) is 5.91 Å². The van der Waals surface area contributed by atoms with Gasteiger partial charge in [-0.15, -0.1) is 0 Å². The summed E-state index contributed by atoms with van der Waals surface area (Å²) in [6, 6.07) is 5.57. The Morgan fingerprint density at radius 1 is 1.44 bits per heavy atom. The highest BCUT2D eigenvalue weighted by molar-refractivity contribution is 5.82. The molecule has 0 saturated carbocycles. The lowest BCUT2D eigenvalue weighted by molar-refractivity contribution is -0.135. The zero-order valence-corrected chi connectivity index (χ0v) is 10.7. The molecule has 0 aliphatic carbocycles. The van der Waals surface area contributed by atoms with Crippen molar-refractivity contribution in [2.75, 3.05) is 26.7 Å². The molecular weight excluding hydrogens is 228 g/mol. The zero-order chi connectivity index (χ0) is 13.0. The third kappa shape index (κ3) is 2.86. The van der Waals surface area contributed by atoms with Gasteiger partial charge in [-0.05, 0) is 25.6 Å². The lowest BCUT2D eigenvalue weighted by Crippen LogP contribution is -2.48. The summed E-state index contributed by atoms with van der Waals surface area (Å²) < 4.78 is 0. The Bertz CT molecular complexity index is 395. The van der Waals surface area contributed by atoms with Crippen molar-refractivity contribution in [3.63, 3.8) is 0 Å². The Hall–Kier alpha value is -1.46. The summed E-state index contributed by atoms with van der Waals surface area (Å²) in [5.41, 5.74) is 6.63. The van der Waals surface area contributed by atoms with Crippen LogP contribution in [0.4, 0.5) is 0 Å². The average molecular weight is 248 g/mol. The van der Waals surface area contributed by atoms with E-state index in [1.165, 1.54) is 0 Å². The molecule has 1 amide bonds. The molecule has 0 spiro atoms. The topological polar surface area (TPSA) is 62.5 Å². The minimum atomic E-state index is -0.198. The van der Waals surface area contributed by atoms with E-state index >= 15 is 0 Å². The van der Waals surface area contributed by atoms with E-state index in [-0.39, 0.29) is 11.9 Å². The van der Waals surface area contributed by atoms with Crippen molar-refractivity contribution in [3.05, 3.63) is 30.1 Å². The maximum Gasteiger partial charge on any atom is 0.241 e. The molecular formula is C13H20N4O. The van der Waals surface area contributed by atoms with Gasteiger partial charge in [0.25, 0.3) is 0 Å². The van der Waals surface area contributed by atoms with Gasteiger partial charge in [-0.2, -0.15) is 0 Å². The quantitative estimate of drug-likeness (QED) is 0.822. The first-order valence-electron chi connectivity index (χ1n) is 6.31. The molecule has 5 heteroatoms. The Kier molecular flexibility index (Phi) is 4.28. The summed E-state index contributed by atoms with van der Waals surface area (Å²) in [7, 11) is 1.96. The Morgan fingerprint density at radius 3 is 2.94 bits per heavy atom. The lowest BCUT2D eigenvalue weighted by atomic mass is 10.2. The Balaban J connectivity index is 2.10. The maximum absolute atomic E-state index is 12.4. The number of carbonyl (C=O) groups excluding carboxylic acids is 1. The molecule has 1 aromatic rings. The van der Waals surface area contributed by atoms with E-state index in [1.54, 1.807) is 6.20 Å². The normalized spacial score (nSPS) is 22.0. The van der Waals surface area contributed by atoms with Crippen molar-refractivity contribution in [1.29, 1.82) is 0 Å². The SMILES string of the molecule is CN1CCCN(Cc2ccccn2)C(=O)C1CN. The van der Waals surface area contributed by atoms with E-state index in [4.69, 9.17) is 5.73 Å². The smallest absolute Gasteiger partial charge is 0.241 e. The van der Waals surface area contributed by atoms with Crippen LogP contribution in [0.2, 0.25) is 0 Å². The molecule has 1 fully saturated rings. The molecule has 0 radical (unpaired) electrons. The standard InChI is InChI=1S/C13H20N4O/c1-16-7-4-8-17(13(18)12(16)9-14)10-11-5-2-3-6-15-11/h2-3,5-6,12H,4,7-10,14H2,1H3. The molecule has 98 valence electrons. The average Bonchev–Trinajstić information content (AvgIpc) is 2.51. The van der Waals surface area contributed by atoms with E-state index in [0.29, 0.717) is 13.1 Å². The van der Waals surface area contributed by atoms with Crippen LogP contribution >= 0.6 is 0 Å².